The molecule has 31 heavy (non-hydrogen) atoms. The van der Waals surface area contributed by atoms with Crippen LogP contribution in [0.3, 0.4) is 0 Å². The predicted octanol–water partition coefficient (Wildman–Crippen LogP) is 4.52. The second kappa shape index (κ2) is 7.06. The number of aromatic nitrogens is 3. The fourth-order valence-electron chi connectivity index (χ4n) is 3.99. The smallest absolute Gasteiger partial charge is 0.271 e. The minimum atomic E-state index is -0.365. The molecule has 0 aliphatic carbocycles. The summed E-state index contributed by atoms with van der Waals surface area (Å²) in [7, 11) is 1.84. The molecule has 2 heterocycles. The highest BCUT2D eigenvalue weighted by molar-refractivity contribution is 5.92. The molecule has 0 saturated heterocycles. The zero-order chi connectivity index (χ0) is 21.7. The third-order valence-corrected chi connectivity index (χ3v) is 5.72. The van der Waals surface area contributed by atoms with Crippen molar-refractivity contribution in [2.75, 3.05) is 0 Å². The van der Waals surface area contributed by atoms with E-state index < -0.39 is 0 Å². The van der Waals surface area contributed by atoms with Crippen LogP contribution >= 0.6 is 0 Å². The molecule has 0 spiro atoms. The molecule has 0 bridgehead atoms. The van der Waals surface area contributed by atoms with Crippen LogP contribution in [0.5, 0.6) is 0 Å². The zero-order valence-corrected chi connectivity index (χ0v) is 17.6. The van der Waals surface area contributed by atoms with E-state index in [1.165, 1.54) is 0 Å². The number of nitrogens with zero attached hydrogens (tertiary/aromatic N) is 3. The largest absolute Gasteiger partial charge is 0.328 e. The van der Waals surface area contributed by atoms with E-state index in [9.17, 15) is 9.59 Å². The van der Waals surface area contributed by atoms with Crippen LogP contribution < -0.4 is 11.0 Å². The van der Waals surface area contributed by atoms with E-state index in [4.69, 9.17) is 4.98 Å². The first kappa shape index (κ1) is 19.0. The van der Waals surface area contributed by atoms with Gasteiger partial charge in [-0.3, -0.25) is 14.2 Å². The van der Waals surface area contributed by atoms with Gasteiger partial charge >= 0.3 is 0 Å². The molecule has 0 saturated carbocycles. The van der Waals surface area contributed by atoms with Crippen molar-refractivity contribution in [1.82, 2.24) is 14.1 Å². The maximum atomic E-state index is 13.8. The summed E-state index contributed by atoms with van der Waals surface area (Å²) < 4.78 is 3.37. The lowest BCUT2D eigenvalue weighted by molar-refractivity contribution is 0.924. The SMILES string of the molecule is Cc1ccc(-c2nc3c(c(=O)c4ccccc4n3C)c(=O)n2-c2ccc(C)cc2)cc1. The highest BCUT2D eigenvalue weighted by Crippen LogP contribution is 2.23. The van der Waals surface area contributed by atoms with Gasteiger partial charge in [-0.05, 0) is 38.1 Å². The summed E-state index contributed by atoms with van der Waals surface area (Å²) in [6.45, 7) is 4.01. The number of hydrogen-bond acceptors (Lipinski definition) is 3. The first-order valence-corrected chi connectivity index (χ1v) is 10.1. The van der Waals surface area contributed by atoms with E-state index in [0.717, 1.165) is 22.2 Å². The molecule has 5 rings (SSSR count). The van der Waals surface area contributed by atoms with Gasteiger partial charge in [0.05, 0.1) is 11.2 Å². The Bertz CT molecular complexity index is 1580. The second-order valence-corrected chi connectivity index (χ2v) is 7.88. The van der Waals surface area contributed by atoms with Gasteiger partial charge in [-0.15, -0.1) is 0 Å². The Kier molecular flexibility index (Phi) is 4.33. The van der Waals surface area contributed by atoms with Crippen LogP contribution in [0.1, 0.15) is 11.1 Å². The van der Waals surface area contributed by atoms with Crippen molar-refractivity contribution < 1.29 is 0 Å². The van der Waals surface area contributed by atoms with E-state index in [1.807, 2.05) is 92.2 Å². The summed E-state index contributed by atoms with van der Waals surface area (Å²) >= 11 is 0. The van der Waals surface area contributed by atoms with E-state index >= 15 is 0 Å². The molecule has 152 valence electrons. The van der Waals surface area contributed by atoms with Crippen molar-refractivity contribution in [2.45, 2.75) is 13.8 Å². The molecule has 3 aromatic carbocycles. The Morgan fingerprint density at radius 3 is 2.06 bits per heavy atom. The number of aryl methyl sites for hydroxylation is 3. The maximum Gasteiger partial charge on any atom is 0.271 e. The Balaban J connectivity index is 1.99. The van der Waals surface area contributed by atoms with Crippen molar-refractivity contribution in [1.29, 1.82) is 0 Å². The molecular weight excluding hydrogens is 386 g/mol. The molecule has 0 aliphatic heterocycles. The van der Waals surface area contributed by atoms with Crippen LogP contribution in [0, 0.1) is 13.8 Å². The molecule has 5 aromatic rings. The standard InChI is InChI=1S/C26H21N3O2/c1-16-8-12-18(13-9-16)24-27-25-22(23(30)20-6-4-5-7-21(20)28(25)3)26(31)29(24)19-14-10-17(2)11-15-19/h4-15H,1-3H3. The lowest BCUT2D eigenvalue weighted by atomic mass is 10.1. The minimum absolute atomic E-state index is 0.0950. The Labute approximate surface area is 178 Å². The lowest BCUT2D eigenvalue weighted by Gasteiger charge is -2.16. The number of fused-ring (bicyclic) bond motifs is 2. The molecular formula is C26H21N3O2. The predicted molar refractivity (Wildman–Crippen MR) is 125 cm³/mol. The van der Waals surface area contributed by atoms with Crippen molar-refractivity contribution >= 4 is 21.9 Å². The van der Waals surface area contributed by atoms with Crippen LogP contribution in [0.15, 0.2) is 82.4 Å². The molecule has 0 atom stereocenters. The van der Waals surface area contributed by atoms with E-state index in [1.54, 1.807) is 10.6 Å². The van der Waals surface area contributed by atoms with Gasteiger partial charge in [0, 0.05) is 18.0 Å². The number of pyridine rings is 1. The zero-order valence-electron chi connectivity index (χ0n) is 17.6. The van der Waals surface area contributed by atoms with Crippen LogP contribution in [0.25, 0.3) is 39.0 Å². The molecule has 0 N–H and O–H groups in total. The summed E-state index contributed by atoms with van der Waals surface area (Å²) in [4.78, 5) is 32.0. The van der Waals surface area contributed by atoms with Crippen molar-refractivity contribution in [2.24, 2.45) is 7.05 Å². The Morgan fingerprint density at radius 2 is 1.39 bits per heavy atom. The second-order valence-electron chi connectivity index (χ2n) is 7.88. The van der Waals surface area contributed by atoms with Crippen LogP contribution in [0.2, 0.25) is 0 Å². The summed E-state index contributed by atoms with van der Waals surface area (Å²) in [6, 6.07) is 22.8. The molecule has 5 heteroatoms. The van der Waals surface area contributed by atoms with E-state index in [-0.39, 0.29) is 16.4 Å². The quantitative estimate of drug-likeness (QED) is 0.404. The summed E-state index contributed by atoms with van der Waals surface area (Å²) in [5, 5.41) is 0.604. The normalized spacial score (nSPS) is 11.3. The lowest BCUT2D eigenvalue weighted by Crippen LogP contribution is -2.28. The molecule has 0 amide bonds. The minimum Gasteiger partial charge on any atom is -0.328 e. The van der Waals surface area contributed by atoms with E-state index in [0.29, 0.717) is 22.5 Å². The number of hydrogen-bond donors (Lipinski definition) is 0. The average molecular weight is 407 g/mol. The first-order valence-electron chi connectivity index (χ1n) is 10.1. The van der Waals surface area contributed by atoms with Gasteiger partial charge in [0.1, 0.15) is 11.2 Å². The van der Waals surface area contributed by atoms with Gasteiger partial charge in [0.15, 0.2) is 5.65 Å². The number of rotatable bonds is 2. The van der Waals surface area contributed by atoms with Crippen molar-refractivity contribution in [3.63, 3.8) is 0 Å². The average Bonchev–Trinajstić information content (AvgIpc) is 2.78. The molecule has 0 fully saturated rings. The molecule has 0 unspecified atom stereocenters. The highest BCUT2D eigenvalue weighted by Gasteiger charge is 2.20. The molecule has 2 aromatic heterocycles. The van der Waals surface area contributed by atoms with Crippen LogP contribution in [0.4, 0.5) is 0 Å². The van der Waals surface area contributed by atoms with Crippen LogP contribution in [-0.4, -0.2) is 14.1 Å². The fraction of sp³-hybridized carbons (Fsp3) is 0.115. The van der Waals surface area contributed by atoms with Gasteiger partial charge in [-0.25, -0.2) is 4.98 Å². The Morgan fingerprint density at radius 1 is 0.774 bits per heavy atom. The summed E-state index contributed by atoms with van der Waals surface area (Å²) in [6.07, 6.45) is 0. The topological polar surface area (TPSA) is 56.9 Å². The third kappa shape index (κ3) is 2.97. The number of para-hydroxylation sites is 1. The fourth-order valence-corrected chi connectivity index (χ4v) is 3.99. The third-order valence-electron chi connectivity index (χ3n) is 5.72. The maximum absolute atomic E-state index is 13.8. The first-order chi connectivity index (χ1) is 15.0. The monoisotopic (exact) mass is 407 g/mol. The van der Waals surface area contributed by atoms with Gasteiger partial charge in [0.25, 0.3) is 5.56 Å². The van der Waals surface area contributed by atoms with E-state index in [2.05, 4.69) is 0 Å². The number of benzene rings is 3. The van der Waals surface area contributed by atoms with Gasteiger partial charge in [0.2, 0.25) is 5.43 Å². The van der Waals surface area contributed by atoms with Gasteiger partial charge in [-0.2, -0.15) is 0 Å². The van der Waals surface area contributed by atoms with Crippen LogP contribution in [-0.2, 0) is 7.05 Å². The highest BCUT2D eigenvalue weighted by atomic mass is 16.1. The molecule has 5 nitrogen and oxygen atoms in total. The summed E-state index contributed by atoms with van der Waals surface area (Å²) in [5.74, 6) is 0.506. The van der Waals surface area contributed by atoms with Gasteiger partial charge in [-0.1, -0.05) is 59.7 Å². The molecule has 0 radical (unpaired) electrons. The van der Waals surface area contributed by atoms with Crippen molar-refractivity contribution in [3.05, 3.63) is 105 Å². The van der Waals surface area contributed by atoms with Crippen molar-refractivity contribution in [3.8, 4) is 17.1 Å². The Hall–Kier alpha value is -3.99. The van der Waals surface area contributed by atoms with Gasteiger partial charge < -0.3 is 4.57 Å². The molecule has 0 aliphatic rings. The summed E-state index contributed by atoms with van der Waals surface area (Å²) in [5.41, 5.74) is 4.16.